The smallest absolute Gasteiger partial charge is 0.323 e. The molecule has 0 fully saturated rings. The van der Waals surface area contributed by atoms with E-state index in [1.165, 1.54) is 0 Å². The minimum atomic E-state index is -0.315. The van der Waals surface area contributed by atoms with Crippen molar-refractivity contribution in [1.82, 2.24) is 10.2 Å². The average Bonchev–Trinajstić information content (AvgIpc) is 2.21. The van der Waals surface area contributed by atoms with Crippen molar-refractivity contribution in [3.8, 4) is 0 Å². The maximum Gasteiger partial charge on any atom is 0.323 e. The van der Waals surface area contributed by atoms with E-state index in [2.05, 4.69) is 11.9 Å². The molecule has 0 saturated heterocycles. The molecule has 0 aromatic rings. The third-order valence-electron chi connectivity index (χ3n) is 2.58. The largest absolute Gasteiger partial charge is 0.463 e. The number of nitrogens with zero attached hydrogens (tertiary/aromatic N) is 1. The summed E-state index contributed by atoms with van der Waals surface area (Å²) in [5.74, 6) is -0.502. The molecule has 5 nitrogen and oxygen atoms in total. The number of esters is 1. The van der Waals surface area contributed by atoms with Crippen LogP contribution in [0.2, 0.25) is 0 Å². The molecule has 110 valence electrons. The Labute approximate surface area is 116 Å². The first-order valence-corrected chi connectivity index (χ1v) is 6.34. The van der Waals surface area contributed by atoms with Crippen LogP contribution in [0.3, 0.4) is 0 Å². The molecule has 0 aliphatic rings. The van der Waals surface area contributed by atoms with Crippen molar-refractivity contribution in [2.24, 2.45) is 5.41 Å². The van der Waals surface area contributed by atoms with Crippen molar-refractivity contribution in [1.29, 1.82) is 0 Å². The van der Waals surface area contributed by atoms with Crippen LogP contribution in [0.5, 0.6) is 0 Å². The number of nitrogens with one attached hydrogen (secondary N) is 1. The highest BCUT2D eigenvalue weighted by Gasteiger charge is 2.34. The molecule has 0 radical (unpaired) electrons. The van der Waals surface area contributed by atoms with Crippen LogP contribution < -0.4 is 5.32 Å². The average molecular weight is 270 g/mol. The Hall–Kier alpha value is -1.36. The van der Waals surface area contributed by atoms with Gasteiger partial charge in [0.1, 0.15) is 12.6 Å². The molecule has 1 amide bonds. The molecule has 0 saturated carbocycles. The highest BCUT2D eigenvalue weighted by atomic mass is 16.5. The van der Waals surface area contributed by atoms with Gasteiger partial charge >= 0.3 is 5.97 Å². The fourth-order valence-electron chi connectivity index (χ4n) is 1.88. The lowest BCUT2D eigenvalue weighted by atomic mass is 9.86. The highest BCUT2D eigenvalue weighted by molar-refractivity contribution is 5.92. The lowest BCUT2D eigenvalue weighted by Gasteiger charge is -2.33. The van der Waals surface area contributed by atoms with Crippen LogP contribution in [0.15, 0.2) is 12.2 Å². The number of ether oxygens (including phenoxy) is 1. The zero-order valence-electron chi connectivity index (χ0n) is 12.9. The lowest BCUT2D eigenvalue weighted by Crippen LogP contribution is -2.47. The predicted octanol–water partition coefficient (Wildman–Crippen LogP) is 1.20. The third kappa shape index (κ3) is 6.38. The van der Waals surface area contributed by atoms with Crippen molar-refractivity contribution < 1.29 is 14.3 Å². The van der Waals surface area contributed by atoms with E-state index >= 15 is 0 Å². The molecule has 1 atom stereocenters. The molecular weight excluding hydrogens is 244 g/mol. The summed E-state index contributed by atoms with van der Waals surface area (Å²) in [4.78, 5) is 25.1. The Morgan fingerprint density at radius 1 is 1.32 bits per heavy atom. The third-order valence-corrected chi connectivity index (χ3v) is 2.58. The van der Waals surface area contributed by atoms with Gasteiger partial charge in [-0.25, -0.2) is 0 Å². The number of hydrogen-bond acceptors (Lipinski definition) is 4. The Balaban J connectivity index is 4.23. The molecule has 0 heterocycles. The van der Waals surface area contributed by atoms with Gasteiger partial charge in [0.2, 0.25) is 5.91 Å². The van der Waals surface area contributed by atoms with Crippen molar-refractivity contribution >= 4 is 11.9 Å². The summed E-state index contributed by atoms with van der Waals surface area (Å²) in [5.41, 5.74) is 0.230. The topological polar surface area (TPSA) is 58.6 Å². The van der Waals surface area contributed by atoms with Crippen molar-refractivity contribution in [3.63, 3.8) is 0 Å². The van der Waals surface area contributed by atoms with E-state index in [1.807, 2.05) is 39.8 Å². The highest BCUT2D eigenvalue weighted by Crippen LogP contribution is 2.23. The second kappa shape index (κ2) is 7.28. The maximum absolute atomic E-state index is 12.0. The number of likely N-dealkylation sites (N-methyl/N-ethyl adjacent to an activating group) is 1. The SMILES string of the molecule is C=C(C)C(=O)NCCOC(=O)C(N(C)C)C(C)(C)C. The van der Waals surface area contributed by atoms with Gasteiger partial charge in [-0.1, -0.05) is 27.4 Å². The van der Waals surface area contributed by atoms with E-state index in [-0.39, 0.29) is 29.9 Å². The van der Waals surface area contributed by atoms with E-state index < -0.39 is 0 Å². The van der Waals surface area contributed by atoms with E-state index in [1.54, 1.807) is 6.92 Å². The molecule has 0 bridgehead atoms. The Bertz CT molecular complexity index is 343. The molecular formula is C14H26N2O3. The first kappa shape index (κ1) is 17.6. The number of rotatable bonds is 6. The molecule has 1 unspecified atom stereocenters. The van der Waals surface area contributed by atoms with Crippen LogP contribution in [0.1, 0.15) is 27.7 Å². The van der Waals surface area contributed by atoms with Crippen LogP contribution in [-0.4, -0.2) is 50.1 Å². The Morgan fingerprint density at radius 3 is 2.21 bits per heavy atom. The number of carbonyl (C=O) groups excluding carboxylic acids is 2. The van der Waals surface area contributed by atoms with Crippen LogP contribution in [0.4, 0.5) is 0 Å². The normalized spacial score (nSPS) is 13.0. The number of amides is 1. The molecule has 0 aromatic heterocycles. The lowest BCUT2D eigenvalue weighted by molar-refractivity contribution is -0.153. The van der Waals surface area contributed by atoms with E-state index in [0.29, 0.717) is 12.1 Å². The minimum absolute atomic E-state index is 0.165. The standard InChI is InChI=1S/C14H26N2O3/c1-10(2)12(17)15-8-9-19-13(18)11(16(6)7)14(3,4)5/h11H,1,8-9H2,2-7H3,(H,15,17). The van der Waals surface area contributed by atoms with Gasteiger partial charge in [-0.05, 0) is 26.4 Å². The molecule has 0 aromatic carbocycles. The first-order valence-electron chi connectivity index (χ1n) is 6.34. The quantitative estimate of drug-likeness (QED) is 0.447. The molecule has 0 rings (SSSR count). The van der Waals surface area contributed by atoms with Crippen LogP contribution in [-0.2, 0) is 14.3 Å². The van der Waals surface area contributed by atoms with Crippen LogP contribution in [0.25, 0.3) is 0 Å². The van der Waals surface area contributed by atoms with Crippen LogP contribution >= 0.6 is 0 Å². The summed E-state index contributed by atoms with van der Waals surface area (Å²) < 4.78 is 5.20. The Morgan fingerprint density at radius 2 is 1.84 bits per heavy atom. The van der Waals surface area contributed by atoms with Gasteiger partial charge in [0.25, 0.3) is 0 Å². The summed E-state index contributed by atoms with van der Waals surface area (Å²) in [7, 11) is 3.69. The van der Waals surface area contributed by atoms with Gasteiger partial charge in [-0.15, -0.1) is 0 Å². The van der Waals surface area contributed by atoms with E-state index in [4.69, 9.17) is 4.74 Å². The summed E-state index contributed by atoms with van der Waals surface area (Å²) in [5, 5.41) is 2.62. The molecule has 1 N–H and O–H groups in total. The molecule has 0 spiro atoms. The van der Waals surface area contributed by atoms with Crippen molar-refractivity contribution in [3.05, 3.63) is 12.2 Å². The minimum Gasteiger partial charge on any atom is -0.463 e. The fourth-order valence-corrected chi connectivity index (χ4v) is 1.88. The molecule has 19 heavy (non-hydrogen) atoms. The number of hydrogen-bond donors (Lipinski definition) is 1. The summed E-state index contributed by atoms with van der Waals surface area (Å²) in [6.07, 6.45) is 0. The number of carbonyl (C=O) groups is 2. The predicted molar refractivity (Wildman–Crippen MR) is 75.7 cm³/mol. The van der Waals surface area contributed by atoms with E-state index in [9.17, 15) is 9.59 Å². The second-order valence-corrected chi connectivity index (χ2v) is 5.94. The van der Waals surface area contributed by atoms with Gasteiger partial charge in [0.15, 0.2) is 0 Å². The van der Waals surface area contributed by atoms with Crippen molar-refractivity contribution in [2.75, 3.05) is 27.2 Å². The Kier molecular flexibility index (Phi) is 6.76. The molecule has 0 aliphatic heterocycles. The van der Waals surface area contributed by atoms with E-state index in [0.717, 1.165) is 0 Å². The molecule has 0 aliphatic carbocycles. The van der Waals surface area contributed by atoms with Crippen molar-refractivity contribution in [2.45, 2.75) is 33.7 Å². The summed E-state index contributed by atoms with van der Waals surface area (Å²) in [6, 6.07) is -0.315. The van der Waals surface area contributed by atoms with Gasteiger partial charge in [-0.3, -0.25) is 14.5 Å². The van der Waals surface area contributed by atoms with Gasteiger partial charge in [0.05, 0.1) is 6.54 Å². The fraction of sp³-hybridized carbons (Fsp3) is 0.714. The first-order chi connectivity index (χ1) is 8.57. The zero-order valence-corrected chi connectivity index (χ0v) is 12.9. The monoisotopic (exact) mass is 270 g/mol. The van der Waals surface area contributed by atoms with Gasteiger partial charge in [0, 0.05) is 5.57 Å². The maximum atomic E-state index is 12.0. The van der Waals surface area contributed by atoms with Crippen LogP contribution in [0, 0.1) is 5.41 Å². The summed E-state index contributed by atoms with van der Waals surface area (Å²) >= 11 is 0. The zero-order chi connectivity index (χ0) is 15.2. The second-order valence-electron chi connectivity index (χ2n) is 5.94. The summed E-state index contributed by atoms with van der Waals surface area (Å²) in [6.45, 7) is 11.6. The molecule has 5 heteroatoms. The van der Waals surface area contributed by atoms with Gasteiger partial charge < -0.3 is 10.1 Å². The van der Waals surface area contributed by atoms with Gasteiger partial charge in [-0.2, -0.15) is 0 Å².